The van der Waals surface area contributed by atoms with Gasteiger partial charge in [0.1, 0.15) is 12.4 Å². The second-order valence-corrected chi connectivity index (χ2v) is 7.37. The minimum Gasteiger partial charge on any atom is -0.490 e. The van der Waals surface area contributed by atoms with Gasteiger partial charge in [-0.05, 0) is 50.3 Å². The molecular formula is C21H29FN6O. The van der Waals surface area contributed by atoms with Gasteiger partial charge < -0.3 is 19.9 Å². The first kappa shape index (κ1) is 20.8. The lowest BCUT2D eigenvalue weighted by Gasteiger charge is -2.19. The van der Waals surface area contributed by atoms with Gasteiger partial charge in [0.15, 0.2) is 23.4 Å². The Labute approximate surface area is 171 Å². The normalized spacial score (nSPS) is 15.1. The predicted molar refractivity (Wildman–Crippen MR) is 111 cm³/mol. The number of ether oxygens (including phenoxy) is 1. The van der Waals surface area contributed by atoms with Gasteiger partial charge in [-0.15, -0.1) is 16.8 Å². The van der Waals surface area contributed by atoms with E-state index in [-0.39, 0.29) is 11.9 Å². The molecular weight excluding hydrogens is 371 g/mol. The zero-order valence-corrected chi connectivity index (χ0v) is 17.3. The maximum absolute atomic E-state index is 14.4. The van der Waals surface area contributed by atoms with Crippen LogP contribution in [0.25, 0.3) is 0 Å². The van der Waals surface area contributed by atoms with Gasteiger partial charge >= 0.3 is 0 Å². The van der Waals surface area contributed by atoms with E-state index in [1.165, 1.54) is 18.9 Å². The van der Waals surface area contributed by atoms with Crippen molar-refractivity contribution in [3.05, 3.63) is 53.9 Å². The molecule has 2 N–H and O–H groups in total. The van der Waals surface area contributed by atoms with E-state index in [2.05, 4.69) is 32.4 Å². The van der Waals surface area contributed by atoms with Crippen LogP contribution < -0.4 is 15.4 Å². The van der Waals surface area contributed by atoms with Gasteiger partial charge in [0.05, 0.1) is 12.6 Å². The third-order valence-corrected chi connectivity index (χ3v) is 4.96. The van der Waals surface area contributed by atoms with Gasteiger partial charge in [0.2, 0.25) is 0 Å². The Bertz CT molecular complexity index is 874. The van der Waals surface area contributed by atoms with Crippen LogP contribution in [0.1, 0.15) is 43.0 Å². The van der Waals surface area contributed by atoms with Crippen molar-refractivity contribution in [1.82, 2.24) is 25.4 Å². The van der Waals surface area contributed by atoms with Crippen LogP contribution in [0, 0.1) is 18.7 Å². The molecule has 0 aliphatic heterocycles. The Morgan fingerprint density at radius 3 is 2.86 bits per heavy atom. The summed E-state index contributed by atoms with van der Waals surface area (Å²) in [6, 6.07) is 4.93. The van der Waals surface area contributed by atoms with E-state index in [4.69, 9.17) is 4.74 Å². The van der Waals surface area contributed by atoms with Crippen LogP contribution in [0.3, 0.4) is 0 Å². The van der Waals surface area contributed by atoms with E-state index >= 15 is 0 Å². The number of guanidine groups is 1. The highest BCUT2D eigenvalue weighted by molar-refractivity contribution is 5.80. The number of hydrogen-bond acceptors (Lipinski definition) is 4. The fourth-order valence-electron chi connectivity index (χ4n) is 2.74. The van der Waals surface area contributed by atoms with Crippen molar-refractivity contribution in [2.24, 2.45) is 18.0 Å². The SMILES string of the molecule is C=CCNC(=NCc1nnc(C)n1C)NC(C)c1ccc(OCC2CC2)c(F)c1. The zero-order chi connectivity index (χ0) is 20.8. The smallest absolute Gasteiger partial charge is 0.192 e. The third kappa shape index (κ3) is 5.79. The van der Waals surface area contributed by atoms with Crippen LogP contribution in [-0.4, -0.2) is 33.9 Å². The number of nitrogens with one attached hydrogen (secondary N) is 2. The van der Waals surface area contributed by atoms with Crippen LogP contribution in [0.5, 0.6) is 5.75 Å². The summed E-state index contributed by atoms with van der Waals surface area (Å²) in [6.07, 6.45) is 4.10. The number of benzene rings is 1. The first-order chi connectivity index (χ1) is 14.0. The van der Waals surface area contributed by atoms with Gasteiger partial charge in [-0.3, -0.25) is 0 Å². The van der Waals surface area contributed by atoms with Gasteiger partial charge in [-0.25, -0.2) is 9.38 Å². The van der Waals surface area contributed by atoms with Crippen molar-refractivity contribution in [3.63, 3.8) is 0 Å². The molecule has 3 rings (SSSR count). The maximum Gasteiger partial charge on any atom is 0.192 e. The molecule has 1 aliphatic carbocycles. The molecule has 156 valence electrons. The predicted octanol–water partition coefficient (Wildman–Crippen LogP) is 3.03. The Balaban J connectivity index is 1.65. The molecule has 1 aromatic heterocycles. The molecule has 29 heavy (non-hydrogen) atoms. The highest BCUT2D eigenvalue weighted by Crippen LogP contribution is 2.30. The quantitative estimate of drug-likeness (QED) is 0.384. The van der Waals surface area contributed by atoms with Gasteiger partial charge in [-0.1, -0.05) is 12.1 Å². The van der Waals surface area contributed by atoms with Crippen molar-refractivity contribution in [2.45, 2.75) is 39.3 Å². The lowest BCUT2D eigenvalue weighted by atomic mass is 10.1. The van der Waals surface area contributed by atoms with Crippen LogP contribution in [-0.2, 0) is 13.6 Å². The molecule has 1 saturated carbocycles. The summed E-state index contributed by atoms with van der Waals surface area (Å²) in [5, 5.41) is 14.6. The molecule has 1 aliphatic rings. The van der Waals surface area contributed by atoms with E-state index < -0.39 is 0 Å². The number of halogens is 1. The molecule has 0 saturated heterocycles. The van der Waals surface area contributed by atoms with Crippen molar-refractivity contribution in [3.8, 4) is 5.75 Å². The average Bonchev–Trinajstić information content (AvgIpc) is 3.49. The topological polar surface area (TPSA) is 76.4 Å². The van der Waals surface area contributed by atoms with Crippen LogP contribution in [0.2, 0.25) is 0 Å². The molecule has 1 atom stereocenters. The minimum absolute atomic E-state index is 0.153. The van der Waals surface area contributed by atoms with Gasteiger partial charge in [0.25, 0.3) is 0 Å². The number of aliphatic imine (C=N–C) groups is 1. The van der Waals surface area contributed by atoms with E-state index in [1.807, 2.05) is 31.5 Å². The van der Waals surface area contributed by atoms with Crippen molar-refractivity contribution in [2.75, 3.05) is 13.2 Å². The number of aryl methyl sites for hydroxylation is 1. The highest BCUT2D eigenvalue weighted by Gasteiger charge is 2.22. The van der Waals surface area contributed by atoms with Gasteiger partial charge in [-0.2, -0.15) is 0 Å². The van der Waals surface area contributed by atoms with E-state index in [9.17, 15) is 4.39 Å². The first-order valence-corrected chi connectivity index (χ1v) is 9.90. The highest BCUT2D eigenvalue weighted by atomic mass is 19.1. The summed E-state index contributed by atoms with van der Waals surface area (Å²) in [5.41, 5.74) is 0.809. The summed E-state index contributed by atoms with van der Waals surface area (Å²) in [7, 11) is 1.91. The van der Waals surface area contributed by atoms with Crippen LogP contribution >= 0.6 is 0 Å². The molecule has 8 heteroatoms. The maximum atomic E-state index is 14.4. The van der Waals surface area contributed by atoms with Gasteiger partial charge in [0, 0.05) is 13.6 Å². The van der Waals surface area contributed by atoms with Crippen molar-refractivity contribution >= 4 is 5.96 Å². The molecule has 1 heterocycles. The Hall–Kier alpha value is -2.90. The molecule has 0 radical (unpaired) electrons. The Morgan fingerprint density at radius 2 is 2.24 bits per heavy atom. The van der Waals surface area contributed by atoms with Crippen LogP contribution in [0.15, 0.2) is 35.8 Å². The second-order valence-electron chi connectivity index (χ2n) is 7.37. The molecule has 1 aromatic carbocycles. The first-order valence-electron chi connectivity index (χ1n) is 9.90. The molecule has 2 aromatic rings. The van der Waals surface area contributed by atoms with Crippen molar-refractivity contribution in [1.29, 1.82) is 0 Å². The summed E-state index contributed by atoms with van der Waals surface area (Å²) >= 11 is 0. The number of hydrogen-bond donors (Lipinski definition) is 2. The molecule has 0 bridgehead atoms. The summed E-state index contributed by atoms with van der Waals surface area (Å²) in [5.74, 6) is 2.73. The lowest BCUT2D eigenvalue weighted by Crippen LogP contribution is -2.39. The monoisotopic (exact) mass is 400 g/mol. The standard InChI is InChI=1S/C21H29FN6O/c1-5-10-23-21(24-12-20-27-26-15(3)28(20)4)25-14(2)17-8-9-19(18(22)11-17)29-13-16-6-7-16/h5,8-9,11,14,16H,1,6-7,10,12-13H2,2-4H3,(H2,23,24,25). The minimum atomic E-state index is -0.344. The number of nitrogens with zero attached hydrogens (tertiary/aromatic N) is 4. The summed E-state index contributed by atoms with van der Waals surface area (Å²) in [4.78, 5) is 4.57. The van der Waals surface area contributed by atoms with E-state index in [0.717, 1.165) is 17.2 Å². The average molecular weight is 401 g/mol. The molecule has 1 fully saturated rings. The second kappa shape index (κ2) is 9.54. The lowest BCUT2D eigenvalue weighted by molar-refractivity contribution is 0.285. The zero-order valence-electron chi connectivity index (χ0n) is 17.3. The molecule has 1 unspecified atom stereocenters. The fourth-order valence-corrected chi connectivity index (χ4v) is 2.74. The fraction of sp³-hybridized carbons (Fsp3) is 0.476. The Morgan fingerprint density at radius 1 is 1.45 bits per heavy atom. The largest absolute Gasteiger partial charge is 0.490 e. The third-order valence-electron chi connectivity index (χ3n) is 4.96. The van der Waals surface area contributed by atoms with Crippen LogP contribution in [0.4, 0.5) is 4.39 Å². The summed E-state index contributed by atoms with van der Waals surface area (Å²) in [6.45, 7) is 9.09. The number of aromatic nitrogens is 3. The van der Waals surface area contributed by atoms with Crippen molar-refractivity contribution < 1.29 is 9.13 Å². The molecule has 0 spiro atoms. The summed E-state index contributed by atoms with van der Waals surface area (Å²) < 4.78 is 21.9. The van der Waals surface area contributed by atoms with E-state index in [1.54, 1.807) is 12.1 Å². The van der Waals surface area contributed by atoms with E-state index in [0.29, 0.717) is 37.3 Å². The Kier molecular flexibility index (Phi) is 6.85. The number of rotatable bonds is 9. The molecule has 7 nitrogen and oxygen atoms in total. The molecule has 0 amide bonds.